The van der Waals surface area contributed by atoms with Crippen molar-refractivity contribution in [1.29, 1.82) is 0 Å². The van der Waals surface area contributed by atoms with Crippen molar-refractivity contribution in [2.75, 3.05) is 5.32 Å². The lowest BCUT2D eigenvalue weighted by molar-refractivity contribution is -0.123. The van der Waals surface area contributed by atoms with Gasteiger partial charge >= 0.3 is 5.97 Å². The fourth-order valence-electron chi connectivity index (χ4n) is 2.42. The van der Waals surface area contributed by atoms with E-state index in [2.05, 4.69) is 10.3 Å². The van der Waals surface area contributed by atoms with Gasteiger partial charge in [0.1, 0.15) is 5.69 Å². The van der Waals surface area contributed by atoms with E-state index in [1.165, 1.54) is 19.1 Å². The zero-order valence-corrected chi connectivity index (χ0v) is 14.1. The number of halogens is 2. The van der Waals surface area contributed by atoms with E-state index >= 15 is 0 Å². The van der Waals surface area contributed by atoms with Crippen molar-refractivity contribution in [3.05, 3.63) is 76.2 Å². The van der Waals surface area contributed by atoms with Gasteiger partial charge in [-0.3, -0.25) is 9.59 Å². The minimum absolute atomic E-state index is 0.0147. The summed E-state index contributed by atoms with van der Waals surface area (Å²) >= 11 is 0. The Hall–Kier alpha value is -3.55. The van der Waals surface area contributed by atoms with E-state index in [9.17, 15) is 23.2 Å². The summed E-state index contributed by atoms with van der Waals surface area (Å²) in [6, 6.07) is 11.0. The Morgan fingerprint density at radius 2 is 1.81 bits per heavy atom. The molecule has 0 radical (unpaired) electrons. The van der Waals surface area contributed by atoms with Gasteiger partial charge in [0.05, 0.1) is 0 Å². The number of carbonyl (C=O) groups is 2. The SMILES string of the molecule is C[C@@H](OC(=O)c1cc2ccccc2c(=O)[nH]1)C(=O)Nc1ccc(F)c(F)c1. The number of fused-ring (bicyclic) bond motifs is 1. The minimum atomic E-state index is -1.24. The maximum absolute atomic E-state index is 13.2. The highest BCUT2D eigenvalue weighted by Gasteiger charge is 2.20. The maximum Gasteiger partial charge on any atom is 0.355 e. The number of hydrogen-bond donors (Lipinski definition) is 2. The van der Waals surface area contributed by atoms with Gasteiger partial charge in [0.2, 0.25) is 0 Å². The molecule has 2 N–H and O–H groups in total. The van der Waals surface area contributed by atoms with Crippen molar-refractivity contribution in [2.45, 2.75) is 13.0 Å². The molecule has 6 nitrogen and oxygen atoms in total. The van der Waals surface area contributed by atoms with Gasteiger partial charge in [-0.15, -0.1) is 0 Å². The van der Waals surface area contributed by atoms with Gasteiger partial charge < -0.3 is 15.0 Å². The summed E-state index contributed by atoms with van der Waals surface area (Å²) in [5.41, 5.74) is -0.550. The topological polar surface area (TPSA) is 88.3 Å². The third kappa shape index (κ3) is 4.00. The Bertz CT molecular complexity index is 1090. The van der Waals surface area contributed by atoms with Gasteiger partial charge in [-0.05, 0) is 36.6 Å². The zero-order chi connectivity index (χ0) is 19.6. The van der Waals surface area contributed by atoms with Crippen LogP contribution in [-0.2, 0) is 9.53 Å². The second kappa shape index (κ2) is 7.36. The lowest BCUT2D eigenvalue weighted by Crippen LogP contribution is -2.30. The van der Waals surface area contributed by atoms with E-state index in [-0.39, 0.29) is 11.4 Å². The van der Waals surface area contributed by atoms with Gasteiger partial charge in [-0.25, -0.2) is 13.6 Å². The Morgan fingerprint density at radius 3 is 2.56 bits per heavy atom. The van der Waals surface area contributed by atoms with Crippen molar-refractivity contribution in [2.24, 2.45) is 0 Å². The largest absolute Gasteiger partial charge is 0.448 e. The van der Waals surface area contributed by atoms with E-state index in [1.807, 2.05) is 0 Å². The Morgan fingerprint density at radius 1 is 1.07 bits per heavy atom. The standard InChI is InChI=1S/C19H14F2N2O4/c1-10(17(24)22-12-6-7-14(20)15(21)9-12)27-19(26)16-8-11-4-2-3-5-13(11)18(25)23-16/h2-10H,1H3,(H,22,24)(H,23,25)/t10-/m1/s1. The molecule has 8 heteroatoms. The van der Waals surface area contributed by atoms with Crippen LogP contribution in [0.4, 0.5) is 14.5 Å². The number of hydrogen-bond acceptors (Lipinski definition) is 4. The summed E-state index contributed by atoms with van der Waals surface area (Å²) in [5, 5.41) is 3.28. The number of pyridine rings is 1. The number of nitrogens with one attached hydrogen (secondary N) is 2. The normalized spacial score (nSPS) is 11.8. The molecule has 0 fully saturated rings. The molecular formula is C19H14F2N2O4. The number of carbonyl (C=O) groups excluding carboxylic acids is 2. The van der Waals surface area contributed by atoms with Crippen LogP contribution < -0.4 is 10.9 Å². The third-order valence-corrected chi connectivity index (χ3v) is 3.81. The van der Waals surface area contributed by atoms with Crippen LogP contribution in [0.5, 0.6) is 0 Å². The van der Waals surface area contributed by atoms with Crippen molar-refractivity contribution < 1.29 is 23.1 Å². The first-order valence-electron chi connectivity index (χ1n) is 7.94. The Labute approximate surface area is 151 Å². The molecule has 2 aromatic carbocycles. The molecule has 0 aliphatic rings. The monoisotopic (exact) mass is 372 g/mol. The number of H-pyrrole nitrogens is 1. The van der Waals surface area contributed by atoms with E-state index in [0.29, 0.717) is 10.8 Å². The van der Waals surface area contributed by atoms with Crippen LogP contribution in [0, 0.1) is 11.6 Å². The van der Waals surface area contributed by atoms with Gasteiger partial charge in [-0.2, -0.15) is 0 Å². The number of rotatable bonds is 4. The molecule has 3 rings (SSSR count). The zero-order valence-electron chi connectivity index (χ0n) is 14.1. The number of ether oxygens (including phenoxy) is 1. The summed E-state index contributed by atoms with van der Waals surface area (Å²) in [6.45, 7) is 1.31. The fraction of sp³-hybridized carbons (Fsp3) is 0.105. The van der Waals surface area contributed by atoms with Crippen LogP contribution in [-0.4, -0.2) is 23.0 Å². The van der Waals surface area contributed by atoms with Crippen LogP contribution in [0.1, 0.15) is 17.4 Å². The Balaban J connectivity index is 1.72. The van der Waals surface area contributed by atoms with Gasteiger partial charge in [0.15, 0.2) is 17.7 Å². The molecule has 1 amide bonds. The van der Waals surface area contributed by atoms with Crippen molar-refractivity contribution in [3.8, 4) is 0 Å². The van der Waals surface area contributed by atoms with E-state index in [0.717, 1.165) is 12.1 Å². The van der Waals surface area contributed by atoms with E-state index in [4.69, 9.17) is 4.74 Å². The molecule has 1 atom stereocenters. The van der Waals surface area contributed by atoms with Crippen LogP contribution in [0.15, 0.2) is 53.3 Å². The van der Waals surface area contributed by atoms with Crippen LogP contribution in [0.2, 0.25) is 0 Å². The summed E-state index contributed by atoms with van der Waals surface area (Å²) in [5.74, 6) is -3.80. The van der Waals surface area contributed by atoms with Crippen molar-refractivity contribution in [1.82, 2.24) is 4.98 Å². The Kier molecular flexibility index (Phi) is 4.98. The van der Waals surface area contributed by atoms with Gasteiger partial charge in [-0.1, -0.05) is 18.2 Å². The molecule has 0 aliphatic heterocycles. The number of amides is 1. The first-order valence-corrected chi connectivity index (χ1v) is 7.94. The molecule has 0 saturated carbocycles. The number of benzene rings is 2. The summed E-state index contributed by atoms with van der Waals surface area (Å²) in [7, 11) is 0. The molecule has 0 aliphatic carbocycles. The predicted molar refractivity (Wildman–Crippen MR) is 94.4 cm³/mol. The molecule has 27 heavy (non-hydrogen) atoms. The molecule has 0 unspecified atom stereocenters. The smallest absolute Gasteiger partial charge is 0.355 e. The second-order valence-corrected chi connectivity index (χ2v) is 5.77. The first kappa shape index (κ1) is 18.2. The van der Waals surface area contributed by atoms with Crippen LogP contribution in [0.3, 0.4) is 0 Å². The van der Waals surface area contributed by atoms with E-state index < -0.39 is 35.2 Å². The third-order valence-electron chi connectivity index (χ3n) is 3.81. The van der Waals surface area contributed by atoms with Gasteiger partial charge in [0.25, 0.3) is 11.5 Å². The van der Waals surface area contributed by atoms with Crippen LogP contribution in [0.25, 0.3) is 10.8 Å². The lowest BCUT2D eigenvalue weighted by atomic mass is 10.1. The highest BCUT2D eigenvalue weighted by molar-refractivity contribution is 5.98. The quantitative estimate of drug-likeness (QED) is 0.689. The molecule has 3 aromatic rings. The fourth-order valence-corrected chi connectivity index (χ4v) is 2.42. The van der Waals surface area contributed by atoms with Crippen molar-refractivity contribution in [3.63, 3.8) is 0 Å². The molecule has 0 bridgehead atoms. The first-order chi connectivity index (χ1) is 12.8. The average Bonchev–Trinajstić information content (AvgIpc) is 2.64. The summed E-state index contributed by atoms with van der Waals surface area (Å²) in [4.78, 5) is 38.7. The van der Waals surface area contributed by atoms with Gasteiger partial charge in [0, 0.05) is 17.1 Å². The molecule has 0 spiro atoms. The lowest BCUT2D eigenvalue weighted by Gasteiger charge is -2.14. The number of esters is 1. The maximum atomic E-state index is 13.2. The number of aromatic amines is 1. The minimum Gasteiger partial charge on any atom is -0.448 e. The highest BCUT2D eigenvalue weighted by atomic mass is 19.2. The predicted octanol–water partition coefficient (Wildman–Crippen LogP) is 2.99. The molecule has 1 aromatic heterocycles. The molecular weight excluding hydrogens is 358 g/mol. The molecule has 138 valence electrons. The second-order valence-electron chi connectivity index (χ2n) is 5.77. The van der Waals surface area contributed by atoms with E-state index in [1.54, 1.807) is 24.3 Å². The molecule has 1 heterocycles. The number of anilines is 1. The average molecular weight is 372 g/mol. The van der Waals surface area contributed by atoms with Crippen LogP contribution >= 0.6 is 0 Å². The van der Waals surface area contributed by atoms with Crippen molar-refractivity contribution >= 4 is 28.3 Å². The number of aromatic nitrogens is 1. The highest BCUT2D eigenvalue weighted by Crippen LogP contribution is 2.14. The summed E-state index contributed by atoms with van der Waals surface area (Å²) in [6.07, 6.45) is -1.24. The summed E-state index contributed by atoms with van der Waals surface area (Å²) < 4.78 is 31.1. The molecule has 0 saturated heterocycles.